The molecular weight excluding hydrogens is 156 g/mol. The number of anilines is 1. The number of hydrogen-bond acceptors (Lipinski definition) is 3. The zero-order valence-electron chi connectivity index (χ0n) is 6.53. The van der Waals surface area contributed by atoms with E-state index in [9.17, 15) is 4.79 Å². The van der Waals surface area contributed by atoms with Gasteiger partial charge in [0.1, 0.15) is 5.82 Å². The van der Waals surface area contributed by atoms with E-state index in [1.54, 1.807) is 18.2 Å². The van der Waals surface area contributed by atoms with Gasteiger partial charge in [-0.05, 0) is 12.1 Å². The zero-order valence-corrected chi connectivity index (χ0v) is 6.53. The van der Waals surface area contributed by atoms with Gasteiger partial charge in [0, 0.05) is 12.1 Å². The van der Waals surface area contributed by atoms with Gasteiger partial charge in [0.15, 0.2) is 0 Å². The highest BCUT2D eigenvalue weighted by Gasteiger charge is 1.99. The highest BCUT2D eigenvalue weighted by Crippen LogP contribution is 2.02. The van der Waals surface area contributed by atoms with Crippen molar-refractivity contribution in [2.24, 2.45) is 0 Å². The molecule has 3 N–H and O–H groups in total. The van der Waals surface area contributed by atoms with Gasteiger partial charge in [-0.15, -0.1) is 0 Å². The summed E-state index contributed by atoms with van der Waals surface area (Å²) in [5.41, 5.74) is 6.13. The van der Waals surface area contributed by atoms with E-state index in [4.69, 9.17) is 10.8 Å². The quantitative estimate of drug-likeness (QED) is 0.692. The van der Waals surface area contributed by atoms with Crippen molar-refractivity contribution in [1.82, 2.24) is 4.98 Å². The number of nitrogens with two attached hydrogens (primary N) is 1. The molecule has 1 aromatic rings. The van der Waals surface area contributed by atoms with Crippen molar-refractivity contribution < 1.29 is 9.90 Å². The summed E-state index contributed by atoms with van der Waals surface area (Å²) in [4.78, 5) is 14.2. The van der Waals surface area contributed by atoms with Crippen LogP contribution in [0, 0.1) is 0 Å². The number of aliphatic carboxylic acids is 1. The fourth-order valence-electron chi connectivity index (χ4n) is 0.872. The largest absolute Gasteiger partial charge is 0.481 e. The first kappa shape index (κ1) is 8.52. The maximum absolute atomic E-state index is 10.2. The van der Waals surface area contributed by atoms with Crippen molar-refractivity contribution in [2.75, 3.05) is 5.73 Å². The molecule has 0 aromatic carbocycles. The molecule has 1 rings (SSSR count). The molecule has 0 saturated heterocycles. The first-order valence-electron chi connectivity index (χ1n) is 3.61. The molecule has 0 fully saturated rings. The van der Waals surface area contributed by atoms with Crippen LogP contribution in [0.25, 0.3) is 0 Å². The lowest BCUT2D eigenvalue weighted by atomic mass is 10.2. The lowest BCUT2D eigenvalue weighted by Gasteiger charge is -1.97. The predicted octanol–water partition coefficient (Wildman–Crippen LogP) is 0.681. The van der Waals surface area contributed by atoms with Gasteiger partial charge in [0.05, 0.1) is 6.42 Å². The summed E-state index contributed by atoms with van der Waals surface area (Å²) in [6.45, 7) is 0. The number of carboxylic acids is 1. The number of carboxylic acid groups (broad SMARTS) is 1. The van der Waals surface area contributed by atoms with Crippen LogP contribution in [0.3, 0.4) is 0 Å². The van der Waals surface area contributed by atoms with Crippen molar-refractivity contribution in [3.8, 4) is 0 Å². The fraction of sp³-hybridized carbons (Fsp3) is 0.250. The molecule has 12 heavy (non-hydrogen) atoms. The van der Waals surface area contributed by atoms with Crippen molar-refractivity contribution in [2.45, 2.75) is 12.8 Å². The standard InChI is InChI=1S/C8H10N2O2/c9-7-3-1-2-6(10-7)4-5-8(11)12/h1-3H,4-5H2,(H2,9,10)(H,11,12). The van der Waals surface area contributed by atoms with E-state index in [-0.39, 0.29) is 6.42 Å². The second-order valence-corrected chi connectivity index (χ2v) is 2.45. The molecule has 4 heteroatoms. The average molecular weight is 166 g/mol. The molecule has 1 aromatic heterocycles. The summed E-state index contributed by atoms with van der Waals surface area (Å²) in [6.07, 6.45) is 0.525. The third kappa shape index (κ3) is 2.57. The smallest absolute Gasteiger partial charge is 0.303 e. The Morgan fingerprint density at radius 2 is 2.33 bits per heavy atom. The number of rotatable bonds is 3. The van der Waals surface area contributed by atoms with Crippen LogP contribution < -0.4 is 5.73 Å². The van der Waals surface area contributed by atoms with Crippen molar-refractivity contribution in [1.29, 1.82) is 0 Å². The van der Waals surface area contributed by atoms with E-state index in [0.717, 1.165) is 5.69 Å². The molecule has 4 nitrogen and oxygen atoms in total. The Morgan fingerprint density at radius 3 is 2.92 bits per heavy atom. The average Bonchev–Trinajstić information content (AvgIpc) is 2.01. The first-order chi connectivity index (χ1) is 5.68. The monoisotopic (exact) mass is 166 g/mol. The summed E-state index contributed by atoms with van der Waals surface area (Å²) in [5.74, 6) is -0.392. The van der Waals surface area contributed by atoms with Crippen LogP contribution in [0.15, 0.2) is 18.2 Å². The van der Waals surface area contributed by atoms with Crippen LogP contribution in [-0.2, 0) is 11.2 Å². The third-order valence-electron chi connectivity index (χ3n) is 1.42. The normalized spacial score (nSPS) is 9.67. The van der Waals surface area contributed by atoms with E-state index >= 15 is 0 Å². The van der Waals surface area contributed by atoms with Gasteiger partial charge in [0.25, 0.3) is 0 Å². The molecule has 0 spiro atoms. The molecule has 0 saturated carbocycles. The lowest BCUT2D eigenvalue weighted by Crippen LogP contribution is -2.00. The van der Waals surface area contributed by atoms with Crippen LogP contribution >= 0.6 is 0 Å². The molecule has 1 heterocycles. The summed E-state index contributed by atoms with van der Waals surface area (Å²) in [6, 6.07) is 5.20. The Kier molecular flexibility index (Phi) is 2.63. The molecule has 64 valence electrons. The number of hydrogen-bond donors (Lipinski definition) is 2. The highest BCUT2D eigenvalue weighted by atomic mass is 16.4. The number of pyridine rings is 1. The molecule has 0 bridgehead atoms. The maximum atomic E-state index is 10.2. The summed E-state index contributed by atoms with van der Waals surface area (Å²) in [5, 5.41) is 8.39. The predicted molar refractivity (Wildman–Crippen MR) is 44.6 cm³/mol. The van der Waals surface area contributed by atoms with E-state index < -0.39 is 5.97 Å². The van der Waals surface area contributed by atoms with Gasteiger partial charge >= 0.3 is 5.97 Å². The molecule has 0 aliphatic heterocycles. The van der Waals surface area contributed by atoms with Gasteiger partial charge in [-0.25, -0.2) is 4.98 Å². The van der Waals surface area contributed by atoms with Gasteiger partial charge < -0.3 is 10.8 Å². The van der Waals surface area contributed by atoms with Crippen molar-refractivity contribution in [3.05, 3.63) is 23.9 Å². The fourth-order valence-corrected chi connectivity index (χ4v) is 0.872. The molecular formula is C8H10N2O2. The van der Waals surface area contributed by atoms with E-state index in [0.29, 0.717) is 12.2 Å². The Balaban J connectivity index is 2.57. The van der Waals surface area contributed by atoms with Crippen LogP contribution in [0.1, 0.15) is 12.1 Å². The van der Waals surface area contributed by atoms with Crippen molar-refractivity contribution in [3.63, 3.8) is 0 Å². The minimum absolute atomic E-state index is 0.0937. The van der Waals surface area contributed by atoms with E-state index in [2.05, 4.69) is 4.98 Å². The first-order valence-corrected chi connectivity index (χ1v) is 3.61. The zero-order chi connectivity index (χ0) is 8.97. The van der Waals surface area contributed by atoms with Gasteiger partial charge in [-0.2, -0.15) is 0 Å². The third-order valence-corrected chi connectivity index (χ3v) is 1.42. The Hall–Kier alpha value is -1.58. The molecule has 0 aliphatic carbocycles. The maximum Gasteiger partial charge on any atom is 0.303 e. The van der Waals surface area contributed by atoms with Gasteiger partial charge in [-0.3, -0.25) is 4.79 Å². The molecule has 0 radical (unpaired) electrons. The summed E-state index contributed by atoms with van der Waals surface area (Å²) >= 11 is 0. The summed E-state index contributed by atoms with van der Waals surface area (Å²) < 4.78 is 0. The minimum atomic E-state index is -0.820. The van der Waals surface area contributed by atoms with Gasteiger partial charge in [-0.1, -0.05) is 6.07 Å². The number of carbonyl (C=O) groups is 1. The van der Waals surface area contributed by atoms with Crippen molar-refractivity contribution >= 4 is 11.8 Å². The molecule has 0 aliphatic rings. The topological polar surface area (TPSA) is 76.2 Å². The SMILES string of the molecule is Nc1cccc(CCC(=O)O)n1. The lowest BCUT2D eigenvalue weighted by molar-refractivity contribution is -0.136. The van der Waals surface area contributed by atoms with E-state index in [1.807, 2.05) is 0 Å². The number of nitrogens with zero attached hydrogens (tertiary/aromatic N) is 1. The summed E-state index contributed by atoms with van der Waals surface area (Å²) in [7, 11) is 0. The van der Waals surface area contributed by atoms with Crippen LogP contribution in [0.2, 0.25) is 0 Å². The Morgan fingerprint density at radius 1 is 1.58 bits per heavy atom. The van der Waals surface area contributed by atoms with Crippen LogP contribution in [-0.4, -0.2) is 16.1 Å². The van der Waals surface area contributed by atoms with Crippen LogP contribution in [0.4, 0.5) is 5.82 Å². The second-order valence-electron chi connectivity index (χ2n) is 2.45. The number of nitrogen functional groups attached to an aromatic ring is 1. The Labute approximate surface area is 70.0 Å². The Bertz CT molecular complexity index is 286. The molecule has 0 atom stereocenters. The molecule has 0 unspecified atom stereocenters. The molecule has 0 amide bonds. The number of aryl methyl sites for hydroxylation is 1. The van der Waals surface area contributed by atoms with Gasteiger partial charge in [0.2, 0.25) is 0 Å². The highest BCUT2D eigenvalue weighted by molar-refractivity contribution is 5.66. The minimum Gasteiger partial charge on any atom is -0.481 e. The van der Waals surface area contributed by atoms with Crippen LogP contribution in [0.5, 0.6) is 0 Å². The van der Waals surface area contributed by atoms with E-state index in [1.165, 1.54) is 0 Å². The number of aromatic nitrogens is 1. The second kappa shape index (κ2) is 3.71.